The van der Waals surface area contributed by atoms with Gasteiger partial charge in [-0.1, -0.05) is 25.8 Å². The highest BCUT2D eigenvalue weighted by Crippen LogP contribution is 2.37. The van der Waals surface area contributed by atoms with Gasteiger partial charge in [0, 0.05) is 45.5 Å². The van der Waals surface area contributed by atoms with Gasteiger partial charge in [-0.15, -0.1) is 24.0 Å². The molecule has 0 atom stereocenters. The van der Waals surface area contributed by atoms with Gasteiger partial charge in [0.15, 0.2) is 5.96 Å². The molecule has 2 fully saturated rings. The van der Waals surface area contributed by atoms with Gasteiger partial charge in [0.2, 0.25) is 0 Å². The van der Waals surface area contributed by atoms with E-state index in [0.29, 0.717) is 5.41 Å². The van der Waals surface area contributed by atoms with Crippen LogP contribution < -0.4 is 10.2 Å². The lowest BCUT2D eigenvalue weighted by atomic mass is 9.89. The van der Waals surface area contributed by atoms with Gasteiger partial charge in [0.25, 0.3) is 0 Å². The molecule has 1 aromatic heterocycles. The zero-order valence-electron chi connectivity index (χ0n) is 15.6. The number of aliphatic imine (C=N–C) groups is 1. The first-order chi connectivity index (χ1) is 11.7. The van der Waals surface area contributed by atoms with E-state index >= 15 is 0 Å². The average Bonchev–Trinajstić information content (AvgIpc) is 3.06. The lowest BCUT2D eigenvalue weighted by molar-refractivity contribution is 0.338. The van der Waals surface area contributed by atoms with Crippen molar-refractivity contribution in [2.75, 3.05) is 44.2 Å². The highest BCUT2D eigenvalue weighted by atomic mass is 127. The summed E-state index contributed by atoms with van der Waals surface area (Å²) < 4.78 is 0. The molecule has 0 radical (unpaired) electrons. The smallest absolute Gasteiger partial charge is 0.194 e. The SMILES string of the molecule is CCNC(=NCC1(C)CCCC1)N1CCN(c2ccccn2)CC1.I. The summed E-state index contributed by atoms with van der Waals surface area (Å²) in [6.07, 6.45) is 7.25. The van der Waals surface area contributed by atoms with Gasteiger partial charge in [-0.3, -0.25) is 4.99 Å². The molecule has 6 heteroatoms. The summed E-state index contributed by atoms with van der Waals surface area (Å²) in [5.74, 6) is 2.17. The molecular formula is C19H32IN5. The first-order valence-electron chi connectivity index (χ1n) is 9.39. The van der Waals surface area contributed by atoms with Crippen LogP contribution in [-0.4, -0.2) is 55.1 Å². The van der Waals surface area contributed by atoms with Crippen LogP contribution in [0.2, 0.25) is 0 Å². The van der Waals surface area contributed by atoms with Crippen molar-refractivity contribution in [1.82, 2.24) is 15.2 Å². The number of nitrogens with one attached hydrogen (secondary N) is 1. The first-order valence-corrected chi connectivity index (χ1v) is 9.39. The molecule has 1 N–H and O–H groups in total. The molecule has 140 valence electrons. The largest absolute Gasteiger partial charge is 0.357 e. The van der Waals surface area contributed by atoms with Gasteiger partial charge in [-0.2, -0.15) is 0 Å². The summed E-state index contributed by atoms with van der Waals surface area (Å²) in [7, 11) is 0. The molecule has 2 heterocycles. The zero-order chi connectivity index (χ0) is 16.8. The van der Waals surface area contributed by atoms with Gasteiger partial charge in [-0.05, 0) is 37.3 Å². The molecule has 2 aliphatic rings. The molecule has 0 spiro atoms. The maximum absolute atomic E-state index is 4.99. The molecule has 0 aromatic carbocycles. The fourth-order valence-electron chi connectivity index (χ4n) is 3.77. The Balaban J connectivity index is 0.00000225. The second-order valence-electron chi connectivity index (χ2n) is 7.35. The van der Waals surface area contributed by atoms with Gasteiger partial charge in [-0.25, -0.2) is 4.98 Å². The number of anilines is 1. The van der Waals surface area contributed by atoms with Crippen molar-refractivity contribution in [3.63, 3.8) is 0 Å². The van der Waals surface area contributed by atoms with Crippen molar-refractivity contribution in [3.05, 3.63) is 24.4 Å². The Kier molecular flexibility index (Phi) is 7.78. The number of rotatable bonds is 4. The summed E-state index contributed by atoms with van der Waals surface area (Å²) in [4.78, 5) is 14.2. The number of aromatic nitrogens is 1. The highest BCUT2D eigenvalue weighted by molar-refractivity contribution is 14.0. The molecule has 3 rings (SSSR count). The molecule has 0 amide bonds. The van der Waals surface area contributed by atoms with Crippen molar-refractivity contribution in [2.24, 2.45) is 10.4 Å². The molecule has 25 heavy (non-hydrogen) atoms. The van der Waals surface area contributed by atoms with E-state index in [-0.39, 0.29) is 24.0 Å². The third-order valence-electron chi connectivity index (χ3n) is 5.31. The van der Waals surface area contributed by atoms with Crippen LogP contribution in [-0.2, 0) is 0 Å². The monoisotopic (exact) mass is 457 g/mol. The lowest BCUT2D eigenvalue weighted by Crippen LogP contribution is -2.53. The van der Waals surface area contributed by atoms with Crippen LogP contribution in [0.1, 0.15) is 39.5 Å². The fraction of sp³-hybridized carbons (Fsp3) is 0.684. The van der Waals surface area contributed by atoms with Crippen molar-refractivity contribution < 1.29 is 0 Å². The van der Waals surface area contributed by atoms with Crippen LogP contribution >= 0.6 is 24.0 Å². The molecule has 1 saturated heterocycles. The summed E-state index contributed by atoms with van der Waals surface area (Å²) in [6, 6.07) is 6.12. The Morgan fingerprint density at radius 1 is 1.20 bits per heavy atom. The normalized spacial score (nSPS) is 20.3. The third kappa shape index (κ3) is 5.46. The predicted octanol–water partition coefficient (Wildman–Crippen LogP) is 3.37. The van der Waals surface area contributed by atoms with Crippen LogP contribution in [0.4, 0.5) is 5.82 Å². The van der Waals surface area contributed by atoms with Crippen molar-refractivity contribution in [3.8, 4) is 0 Å². The molecule has 5 nitrogen and oxygen atoms in total. The second-order valence-corrected chi connectivity index (χ2v) is 7.35. The lowest BCUT2D eigenvalue weighted by Gasteiger charge is -2.37. The third-order valence-corrected chi connectivity index (χ3v) is 5.31. The van der Waals surface area contributed by atoms with Crippen molar-refractivity contribution >= 4 is 35.8 Å². The minimum Gasteiger partial charge on any atom is -0.357 e. The minimum absolute atomic E-state index is 0. The van der Waals surface area contributed by atoms with E-state index in [1.807, 2.05) is 12.3 Å². The van der Waals surface area contributed by atoms with E-state index in [0.717, 1.165) is 51.0 Å². The van der Waals surface area contributed by atoms with E-state index in [1.165, 1.54) is 25.7 Å². The highest BCUT2D eigenvalue weighted by Gasteiger charge is 2.29. The van der Waals surface area contributed by atoms with Crippen LogP contribution in [0.25, 0.3) is 0 Å². The summed E-state index contributed by atoms with van der Waals surface area (Å²) in [5, 5.41) is 3.49. The maximum atomic E-state index is 4.99. The number of guanidine groups is 1. The van der Waals surface area contributed by atoms with E-state index in [1.54, 1.807) is 0 Å². The Morgan fingerprint density at radius 2 is 1.92 bits per heavy atom. The van der Waals surface area contributed by atoms with Gasteiger partial charge >= 0.3 is 0 Å². The Hall–Kier alpha value is -1.05. The van der Waals surface area contributed by atoms with E-state index in [2.05, 4.69) is 46.1 Å². The zero-order valence-corrected chi connectivity index (χ0v) is 17.9. The topological polar surface area (TPSA) is 43.8 Å². The van der Waals surface area contributed by atoms with Crippen LogP contribution in [0.5, 0.6) is 0 Å². The molecule has 1 aromatic rings. The summed E-state index contributed by atoms with van der Waals surface area (Å²) in [6.45, 7) is 10.4. The number of halogens is 1. The van der Waals surface area contributed by atoms with Crippen LogP contribution in [0.3, 0.4) is 0 Å². The molecule has 1 aliphatic carbocycles. The number of nitrogens with zero attached hydrogens (tertiary/aromatic N) is 4. The van der Waals surface area contributed by atoms with Crippen molar-refractivity contribution in [2.45, 2.75) is 39.5 Å². The summed E-state index contributed by atoms with van der Waals surface area (Å²) >= 11 is 0. The van der Waals surface area contributed by atoms with E-state index in [9.17, 15) is 0 Å². The Labute approximate surface area is 169 Å². The number of hydrogen-bond donors (Lipinski definition) is 1. The maximum Gasteiger partial charge on any atom is 0.194 e. The summed E-state index contributed by atoms with van der Waals surface area (Å²) in [5.41, 5.74) is 0.413. The number of piperazine rings is 1. The van der Waals surface area contributed by atoms with E-state index < -0.39 is 0 Å². The number of hydrogen-bond acceptors (Lipinski definition) is 3. The van der Waals surface area contributed by atoms with Crippen LogP contribution in [0, 0.1) is 5.41 Å². The standard InChI is InChI=1S/C19H31N5.HI/c1-3-20-18(22-16-19(2)9-5-6-10-19)24-14-12-23(13-15-24)17-8-4-7-11-21-17;/h4,7-8,11H,3,5-6,9-10,12-16H2,1-2H3,(H,20,22);1H. The predicted molar refractivity (Wildman–Crippen MR) is 116 cm³/mol. The minimum atomic E-state index is 0. The van der Waals surface area contributed by atoms with Crippen molar-refractivity contribution in [1.29, 1.82) is 0 Å². The molecular weight excluding hydrogens is 425 g/mol. The molecule has 0 bridgehead atoms. The molecule has 0 unspecified atom stereocenters. The van der Waals surface area contributed by atoms with Crippen LogP contribution in [0.15, 0.2) is 29.4 Å². The van der Waals surface area contributed by atoms with Gasteiger partial charge in [0.05, 0.1) is 0 Å². The van der Waals surface area contributed by atoms with Gasteiger partial charge < -0.3 is 15.1 Å². The quantitative estimate of drug-likeness (QED) is 0.428. The Bertz CT molecular complexity index is 534. The average molecular weight is 457 g/mol. The van der Waals surface area contributed by atoms with E-state index in [4.69, 9.17) is 4.99 Å². The molecule has 1 aliphatic heterocycles. The molecule has 1 saturated carbocycles. The second kappa shape index (κ2) is 9.59. The van der Waals surface area contributed by atoms with Gasteiger partial charge in [0.1, 0.15) is 5.82 Å². The number of pyridine rings is 1. The Morgan fingerprint density at radius 3 is 2.52 bits per heavy atom. The first kappa shape index (κ1) is 20.3. The fourth-order valence-corrected chi connectivity index (χ4v) is 3.77.